The molecule has 1 unspecified atom stereocenters. The summed E-state index contributed by atoms with van der Waals surface area (Å²) in [6, 6.07) is 0. The van der Waals surface area contributed by atoms with Gasteiger partial charge in [0.15, 0.2) is 0 Å². The maximum absolute atomic E-state index is 8.38. The second kappa shape index (κ2) is 3.46. The number of hydrogen-bond acceptors (Lipinski definition) is 3. The van der Waals surface area contributed by atoms with Crippen LogP contribution in [0.4, 0.5) is 0 Å². The van der Waals surface area contributed by atoms with Crippen molar-refractivity contribution in [1.82, 2.24) is 0 Å². The SMILES string of the molecule is CC(O)COS. The largest absolute Gasteiger partial charge is 0.391 e. The molecule has 38 valence electrons. The Labute approximate surface area is 42.7 Å². The highest BCUT2D eigenvalue weighted by Crippen LogP contribution is 1.82. The Kier molecular flexibility index (Phi) is 3.62. The van der Waals surface area contributed by atoms with Crippen LogP contribution in [0.5, 0.6) is 0 Å². The Bertz CT molecular complexity index is 30.0. The number of thiol groups is 1. The zero-order valence-corrected chi connectivity index (χ0v) is 4.48. The van der Waals surface area contributed by atoms with Gasteiger partial charge in [-0.3, -0.25) is 0 Å². The lowest BCUT2D eigenvalue weighted by molar-refractivity contribution is 0.136. The predicted octanol–water partition coefficient (Wildman–Crippen LogP) is 0.229. The van der Waals surface area contributed by atoms with Crippen LogP contribution in [0.25, 0.3) is 0 Å². The van der Waals surface area contributed by atoms with Crippen LogP contribution in [0.15, 0.2) is 0 Å². The fraction of sp³-hybridized carbons (Fsp3) is 1.00. The molecule has 0 saturated carbocycles. The zero-order chi connectivity index (χ0) is 4.99. The average molecular weight is 108 g/mol. The van der Waals surface area contributed by atoms with Crippen LogP contribution < -0.4 is 0 Å². The lowest BCUT2D eigenvalue weighted by atomic mass is 10.5. The van der Waals surface area contributed by atoms with Crippen LogP contribution in [-0.2, 0) is 4.18 Å². The third-order valence-electron chi connectivity index (χ3n) is 0.316. The second-order valence-corrected chi connectivity index (χ2v) is 1.40. The van der Waals surface area contributed by atoms with E-state index in [1.54, 1.807) is 6.92 Å². The first kappa shape index (κ1) is 6.27. The van der Waals surface area contributed by atoms with E-state index in [4.69, 9.17) is 5.11 Å². The Hall–Kier alpha value is 0.270. The number of aliphatic hydroxyl groups is 1. The van der Waals surface area contributed by atoms with Gasteiger partial charge in [0, 0.05) is 0 Å². The lowest BCUT2D eigenvalue weighted by Gasteiger charge is -1.95. The van der Waals surface area contributed by atoms with Crippen LogP contribution in [0.2, 0.25) is 0 Å². The smallest absolute Gasteiger partial charge is 0.0867 e. The zero-order valence-electron chi connectivity index (χ0n) is 3.59. The van der Waals surface area contributed by atoms with Crippen LogP contribution in [0, 0.1) is 0 Å². The van der Waals surface area contributed by atoms with Crippen molar-refractivity contribution in [3.8, 4) is 0 Å². The van der Waals surface area contributed by atoms with Crippen molar-refractivity contribution < 1.29 is 9.29 Å². The molecule has 0 saturated heterocycles. The van der Waals surface area contributed by atoms with E-state index < -0.39 is 6.10 Å². The summed E-state index contributed by atoms with van der Waals surface area (Å²) in [6.07, 6.45) is -0.400. The molecule has 0 aromatic heterocycles. The summed E-state index contributed by atoms with van der Waals surface area (Å²) >= 11 is 3.40. The van der Waals surface area contributed by atoms with Crippen molar-refractivity contribution >= 4 is 12.9 Å². The van der Waals surface area contributed by atoms with E-state index in [0.29, 0.717) is 6.61 Å². The molecule has 1 atom stereocenters. The summed E-state index contributed by atoms with van der Waals surface area (Å²) in [6.45, 7) is 1.93. The fourth-order valence-corrected chi connectivity index (χ4v) is 0.324. The van der Waals surface area contributed by atoms with Crippen molar-refractivity contribution in [1.29, 1.82) is 0 Å². The number of hydrogen-bond donors (Lipinski definition) is 2. The van der Waals surface area contributed by atoms with Gasteiger partial charge in [-0.1, -0.05) is 0 Å². The van der Waals surface area contributed by atoms with Gasteiger partial charge in [0.25, 0.3) is 0 Å². The van der Waals surface area contributed by atoms with Crippen molar-refractivity contribution in [3.63, 3.8) is 0 Å². The van der Waals surface area contributed by atoms with Gasteiger partial charge in [-0.15, -0.1) is 0 Å². The summed E-state index contributed by atoms with van der Waals surface area (Å²) in [5.74, 6) is 0. The van der Waals surface area contributed by atoms with Crippen LogP contribution >= 0.6 is 12.9 Å². The highest BCUT2D eigenvalue weighted by molar-refractivity contribution is 7.75. The maximum atomic E-state index is 8.38. The van der Waals surface area contributed by atoms with Crippen LogP contribution in [0.3, 0.4) is 0 Å². The molecule has 0 spiro atoms. The summed E-state index contributed by atoms with van der Waals surface area (Å²) in [4.78, 5) is 0. The third kappa shape index (κ3) is 4.27. The normalized spacial score (nSPS) is 14.5. The van der Waals surface area contributed by atoms with E-state index in [2.05, 4.69) is 17.1 Å². The Balaban J connectivity index is 2.63. The van der Waals surface area contributed by atoms with E-state index in [-0.39, 0.29) is 0 Å². The molecule has 0 aromatic carbocycles. The maximum Gasteiger partial charge on any atom is 0.0867 e. The fourth-order valence-electron chi connectivity index (χ4n) is 0.108. The molecule has 0 rings (SSSR count). The monoisotopic (exact) mass is 108 g/mol. The molecular weight excluding hydrogens is 100 g/mol. The highest BCUT2D eigenvalue weighted by Gasteiger charge is 1.88. The molecule has 6 heavy (non-hydrogen) atoms. The first-order valence-corrected chi connectivity index (χ1v) is 2.08. The van der Waals surface area contributed by atoms with E-state index in [1.807, 2.05) is 0 Å². The molecule has 2 nitrogen and oxygen atoms in total. The quantitative estimate of drug-likeness (QED) is 0.391. The van der Waals surface area contributed by atoms with Gasteiger partial charge < -0.3 is 9.29 Å². The van der Waals surface area contributed by atoms with Gasteiger partial charge in [-0.2, -0.15) is 0 Å². The lowest BCUT2D eigenvalue weighted by Crippen LogP contribution is -2.05. The Morgan fingerprint density at radius 2 is 2.50 bits per heavy atom. The van der Waals surface area contributed by atoms with Crippen LogP contribution in [0.1, 0.15) is 6.92 Å². The average Bonchev–Trinajstić information content (AvgIpc) is 1.35. The molecule has 0 aromatic rings. The van der Waals surface area contributed by atoms with Gasteiger partial charge in [0.2, 0.25) is 0 Å². The van der Waals surface area contributed by atoms with Gasteiger partial charge in [-0.25, -0.2) is 0 Å². The molecule has 0 radical (unpaired) electrons. The minimum atomic E-state index is -0.400. The molecule has 0 amide bonds. The molecule has 0 aliphatic rings. The summed E-state index contributed by atoms with van der Waals surface area (Å²) < 4.78 is 4.25. The van der Waals surface area contributed by atoms with E-state index in [1.165, 1.54) is 0 Å². The topological polar surface area (TPSA) is 29.5 Å². The minimum Gasteiger partial charge on any atom is -0.391 e. The first-order valence-electron chi connectivity index (χ1n) is 1.72. The van der Waals surface area contributed by atoms with Gasteiger partial charge in [0.1, 0.15) is 0 Å². The Morgan fingerprint density at radius 3 is 2.50 bits per heavy atom. The van der Waals surface area contributed by atoms with Crippen molar-refractivity contribution in [2.24, 2.45) is 0 Å². The van der Waals surface area contributed by atoms with Crippen molar-refractivity contribution in [3.05, 3.63) is 0 Å². The van der Waals surface area contributed by atoms with E-state index in [9.17, 15) is 0 Å². The van der Waals surface area contributed by atoms with E-state index in [0.717, 1.165) is 0 Å². The molecule has 1 N–H and O–H groups in total. The highest BCUT2D eigenvalue weighted by atomic mass is 32.1. The standard InChI is InChI=1S/C3H8O2S/c1-3(4)2-5-6/h3-4,6H,2H2,1H3. The first-order chi connectivity index (χ1) is 2.77. The van der Waals surface area contributed by atoms with Gasteiger partial charge in [0.05, 0.1) is 12.7 Å². The number of rotatable bonds is 2. The summed E-state index contributed by atoms with van der Waals surface area (Å²) in [5.41, 5.74) is 0. The summed E-state index contributed by atoms with van der Waals surface area (Å²) in [5, 5.41) is 8.38. The van der Waals surface area contributed by atoms with Gasteiger partial charge in [-0.05, 0) is 19.8 Å². The molecule has 0 aliphatic heterocycles. The molecule has 0 bridgehead atoms. The Morgan fingerprint density at radius 1 is 2.00 bits per heavy atom. The molecule has 0 heterocycles. The van der Waals surface area contributed by atoms with Crippen molar-refractivity contribution in [2.45, 2.75) is 13.0 Å². The molecule has 0 fully saturated rings. The van der Waals surface area contributed by atoms with Crippen molar-refractivity contribution in [2.75, 3.05) is 6.61 Å². The third-order valence-corrected chi connectivity index (χ3v) is 0.465. The minimum absolute atomic E-state index is 0.295. The molecule has 3 heteroatoms. The number of aliphatic hydroxyl groups excluding tert-OH is 1. The molecular formula is C3H8O2S. The van der Waals surface area contributed by atoms with Gasteiger partial charge >= 0.3 is 0 Å². The molecule has 0 aliphatic carbocycles. The second-order valence-electron chi connectivity index (χ2n) is 1.14. The van der Waals surface area contributed by atoms with Crippen LogP contribution in [-0.4, -0.2) is 17.8 Å². The predicted molar refractivity (Wildman–Crippen MR) is 26.6 cm³/mol. The summed E-state index contributed by atoms with van der Waals surface area (Å²) in [7, 11) is 0. The van der Waals surface area contributed by atoms with E-state index >= 15 is 0 Å².